The highest BCUT2D eigenvalue weighted by molar-refractivity contribution is 5.05. The fourth-order valence-electron chi connectivity index (χ4n) is 2.52. The summed E-state index contributed by atoms with van der Waals surface area (Å²) in [6, 6.07) is -0.0343. The molecule has 0 amide bonds. The maximum atomic E-state index is 12.4. The summed E-state index contributed by atoms with van der Waals surface area (Å²) >= 11 is 0. The lowest BCUT2D eigenvalue weighted by molar-refractivity contribution is -0.259. The Hall–Kier alpha value is -0.290. The van der Waals surface area contributed by atoms with Crippen molar-refractivity contribution >= 4 is 0 Å². The Morgan fingerprint density at radius 3 is 2.19 bits per heavy atom. The van der Waals surface area contributed by atoms with Crippen LogP contribution in [0.15, 0.2) is 0 Å². The summed E-state index contributed by atoms with van der Waals surface area (Å²) in [7, 11) is 0. The van der Waals surface area contributed by atoms with Crippen LogP contribution >= 0.6 is 0 Å². The third kappa shape index (κ3) is 2.20. The van der Waals surface area contributed by atoms with Crippen molar-refractivity contribution < 1.29 is 17.9 Å². The molecule has 0 radical (unpaired) electrons. The minimum absolute atomic E-state index is 0.0343. The summed E-state index contributed by atoms with van der Waals surface area (Å²) in [6.45, 7) is 4.97. The number of halogens is 3. The van der Waals surface area contributed by atoms with Crippen molar-refractivity contribution in [2.24, 2.45) is 11.1 Å². The van der Waals surface area contributed by atoms with E-state index in [-0.39, 0.29) is 17.6 Å². The summed E-state index contributed by atoms with van der Waals surface area (Å²) in [5.74, 6) is 0. The summed E-state index contributed by atoms with van der Waals surface area (Å²) in [6.07, 6.45) is -4.29. The van der Waals surface area contributed by atoms with Crippen molar-refractivity contribution in [3.63, 3.8) is 0 Å². The summed E-state index contributed by atoms with van der Waals surface area (Å²) in [5, 5.41) is 0. The van der Waals surface area contributed by atoms with E-state index < -0.39 is 12.3 Å². The number of nitrogens with two attached hydrogens (primary N) is 1. The molecule has 0 saturated heterocycles. The van der Waals surface area contributed by atoms with E-state index in [2.05, 4.69) is 0 Å². The van der Waals surface area contributed by atoms with Crippen LogP contribution in [0, 0.1) is 5.41 Å². The van der Waals surface area contributed by atoms with Crippen LogP contribution in [0.25, 0.3) is 0 Å². The zero-order valence-corrected chi connectivity index (χ0v) is 9.97. The average Bonchev–Trinajstić information content (AvgIpc) is 2.17. The SMILES string of the molecule is CCC1(CC)C(N)CC1OC(C)C(F)(F)F. The normalized spacial score (nSPS) is 30.9. The Balaban J connectivity index is 2.63. The first-order valence-corrected chi connectivity index (χ1v) is 5.75. The molecule has 2 N–H and O–H groups in total. The van der Waals surface area contributed by atoms with E-state index in [1.807, 2.05) is 13.8 Å². The smallest absolute Gasteiger partial charge is 0.365 e. The van der Waals surface area contributed by atoms with Crippen LogP contribution in [0.3, 0.4) is 0 Å². The van der Waals surface area contributed by atoms with E-state index in [0.29, 0.717) is 6.42 Å². The van der Waals surface area contributed by atoms with Gasteiger partial charge in [-0.2, -0.15) is 13.2 Å². The molecule has 0 aliphatic heterocycles. The Kier molecular flexibility index (Phi) is 3.90. The van der Waals surface area contributed by atoms with Gasteiger partial charge in [-0.05, 0) is 26.2 Å². The van der Waals surface area contributed by atoms with E-state index >= 15 is 0 Å². The molecule has 1 rings (SSSR count). The highest BCUT2D eigenvalue weighted by atomic mass is 19.4. The molecule has 0 aromatic carbocycles. The van der Waals surface area contributed by atoms with E-state index in [4.69, 9.17) is 10.5 Å². The quantitative estimate of drug-likeness (QED) is 0.818. The molecule has 0 spiro atoms. The van der Waals surface area contributed by atoms with Crippen LogP contribution < -0.4 is 5.73 Å². The summed E-state index contributed by atoms with van der Waals surface area (Å²) in [5.41, 5.74) is 5.63. The molecule has 16 heavy (non-hydrogen) atoms. The van der Waals surface area contributed by atoms with E-state index in [0.717, 1.165) is 19.8 Å². The van der Waals surface area contributed by atoms with Crippen LogP contribution in [0.4, 0.5) is 13.2 Å². The van der Waals surface area contributed by atoms with Gasteiger partial charge in [0.1, 0.15) is 0 Å². The topological polar surface area (TPSA) is 35.2 Å². The van der Waals surface area contributed by atoms with Crippen LogP contribution in [-0.4, -0.2) is 24.4 Å². The maximum absolute atomic E-state index is 12.4. The van der Waals surface area contributed by atoms with Gasteiger partial charge in [-0.3, -0.25) is 0 Å². The minimum Gasteiger partial charge on any atom is -0.365 e. The minimum atomic E-state index is -4.28. The zero-order chi connectivity index (χ0) is 12.6. The van der Waals surface area contributed by atoms with Gasteiger partial charge in [0, 0.05) is 11.5 Å². The van der Waals surface area contributed by atoms with Gasteiger partial charge in [0.2, 0.25) is 0 Å². The van der Waals surface area contributed by atoms with Crippen LogP contribution in [0.2, 0.25) is 0 Å². The molecular formula is C11H20F3NO. The first kappa shape index (κ1) is 13.8. The van der Waals surface area contributed by atoms with Gasteiger partial charge in [-0.15, -0.1) is 0 Å². The molecule has 96 valence electrons. The number of rotatable bonds is 4. The van der Waals surface area contributed by atoms with E-state index in [1.54, 1.807) is 0 Å². The number of hydrogen-bond acceptors (Lipinski definition) is 2. The fourth-order valence-corrected chi connectivity index (χ4v) is 2.52. The summed E-state index contributed by atoms with van der Waals surface area (Å²) in [4.78, 5) is 0. The van der Waals surface area contributed by atoms with Crippen molar-refractivity contribution in [2.75, 3.05) is 0 Å². The van der Waals surface area contributed by atoms with Crippen LogP contribution in [0.5, 0.6) is 0 Å². The molecule has 3 atom stereocenters. The van der Waals surface area contributed by atoms with Gasteiger partial charge in [-0.25, -0.2) is 0 Å². The second-order valence-corrected chi connectivity index (χ2v) is 4.59. The van der Waals surface area contributed by atoms with Crippen LogP contribution in [0.1, 0.15) is 40.0 Å². The molecule has 1 fully saturated rings. The van der Waals surface area contributed by atoms with Crippen molar-refractivity contribution in [1.29, 1.82) is 0 Å². The van der Waals surface area contributed by atoms with Crippen molar-refractivity contribution in [3.05, 3.63) is 0 Å². The van der Waals surface area contributed by atoms with Gasteiger partial charge in [0.15, 0.2) is 6.10 Å². The zero-order valence-electron chi connectivity index (χ0n) is 9.97. The lowest BCUT2D eigenvalue weighted by Crippen LogP contribution is -2.62. The molecule has 3 unspecified atom stereocenters. The molecule has 0 heterocycles. The van der Waals surface area contributed by atoms with Gasteiger partial charge in [0.05, 0.1) is 6.10 Å². The maximum Gasteiger partial charge on any atom is 0.414 e. The molecule has 1 aliphatic carbocycles. The third-order valence-corrected chi connectivity index (χ3v) is 3.99. The van der Waals surface area contributed by atoms with Gasteiger partial charge in [0.25, 0.3) is 0 Å². The molecule has 1 aliphatic rings. The Bertz CT molecular complexity index is 238. The van der Waals surface area contributed by atoms with Crippen LogP contribution in [-0.2, 0) is 4.74 Å². The Morgan fingerprint density at radius 2 is 1.88 bits per heavy atom. The van der Waals surface area contributed by atoms with Gasteiger partial charge < -0.3 is 10.5 Å². The average molecular weight is 239 g/mol. The predicted molar refractivity (Wildman–Crippen MR) is 56.0 cm³/mol. The third-order valence-electron chi connectivity index (χ3n) is 3.99. The van der Waals surface area contributed by atoms with E-state index in [9.17, 15) is 13.2 Å². The van der Waals surface area contributed by atoms with Crippen molar-refractivity contribution in [1.82, 2.24) is 0 Å². The second-order valence-electron chi connectivity index (χ2n) is 4.59. The highest BCUT2D eigenvalue weighted by Crippen LogP contribution is 2.48. The molecule has 1 saturated carbocycles. The molecule has 0 aromatic rings. The second kappa shape index (κ2) is 4.53. The molecule has 5 heteroatoms. The van der Waals surface area contributed by atoms with E-state index in [1.165, 1.54) is 0 Å². The Labute approximate surface area is 94.3 Å². The molecular weight excluding hydrogens is 219 g/mol. The lowest BCUT2D eigenvalue weighted by Gasteiger charge is -2.54. The first-order chi connectivity index (χ1) is 7.28. The first-order valence-electron chi connectivity index (χ1n) is 5.75. The fraction of sp³-hybridized carbons (Fsp3) is 1.00. The van der Waals surface area contributed by atoms with Crippen molar-refractivity contribution in [2.45, 2.75) is 64.5 Å². The standard InChI is InChI=1S/C11H20F3NO/c1-4-10(5-2)8(15)6-9(10)16-7(3)11(12,13)14/h7-9H,4-6,15H2,1-3H3. The Morgan fingerprint density at radius 1 is 1.38 bits per heavy atom. The van der Waals surface area contributed by atoms with Gasteiger partial charge in [-0.1, -0.05) is 13.8 Å². The monoisotopic (exact) mass is 239 g/mol. The number of alkyl halides is 3. The lowest BCUT2D eigenvalue weighted by atomic mass is 9.59. The van der Waals surface area contributed by atoms with Crippen molar-refractivity contribution in [3.8, 4) is 0 Å². The summed E-state index contributed by atoms with van der Waals surface area (Å²) < 4.78 is 42.2. The molecule has 0 bridgehead atoms. The number of hydrogen-bond donors (Lipinski definition) is 1. The predicted octanol–water partition coefficient (Wildman–Crippen LogP) is 2.86. The largest absolute Gasteiger partial charge is 0.414 e. The number of ether oxygens (including phenoxy) is 1. The molecule has 2 nitrogen and oxygen atoms in total. The highest BCUT2D eigenvalue weighted by Gasteiger charge is 2.53. The van der Waals surface area contributed by atoms with Gasteiger partial charge >= 0.3 is 6.18 Å². The molecule has 0 aromatic heterocycles.